The summed E-state index contributed by atoms with van der Waals surface area (Å²) in [5.74, 6) is -0.452. The largest absolute Gasteiger partial charge is 0.433 e. The number of ether oxygens (including phenoxy) is 1. The van der Waals surface area contributed by atoms with Crippen LogP contribution in [0.25, 0.3) is 0 Å². The fourth-order valence-corrected chi connectivity index (χ4v) is 2.59. The van der Waals surface area contributed by atoms with Crippen LogP contribution >= 0.6 is 0 Å². The molecule has 0 aromatic carbocycles. The second-order valence-electron chi connectivity index (χ2n) is 5.24. The highest BCUT2D eigenvalue weighted by Gasteiger charge is 2.16. The second kappa shape index (κ2) is 6.72. The van der Waals surface area contributed by atoms with Gasteiger partial charge in [0.15, 0.2) is 0 Å². The molecule has 3 rings (SSSR count). The Bertz CT molecular complexity index is 685. The van der Waals surface area contributed by atoms with Gasteiger partial charge in [-0.05, 0) is 31.4 Å². The average Bonchev–Trinajstić information content (AvgIpc) is 2.96. The highest BCUT2D eigenvalue weighted by Crippen LogP contribution is 2.18. The molecule has 1 amide bonds. The van der Waals surface area contributed by atoms with Gasteiger partial charge in [-0.1, -0.05) is 0 Å². The Morgan fingerprint density at radius 1 is 1.35 bits per heavy atom. The summed E-state index contributed by atoms with van der Waals surface area (Å²) in [6.45, 7) is -1.63. The Kier molecular flexibility index (Phi) is 4.50. The van der Waals surface area contributed by atoms with Crippen LogP contribution in [0.5, 0.6) is 5.75 Å². The van der Waals surface area contributed by atoms with Crippen LogP contribution in [0.2, 0.25) is 0 Å². The summed E-state index contributed by atoms with van der Waals surface area (Å²) in [5, 5.41) is 7.08. The third kappa shape index (κ3) is 3.64. The van der Waals surface area contributed by atoms with Crippen LogP contribution in [0.1, 0.15) is 34.6 Å². The van der Waals surface area contributed by atoms with Crippen molar-refractivity contribution in [2.24, 2.45) is 0 Å². The number of nitrogens with zero attached hydrogens (tertiary/aromatic N) is 3. The molecule has 0 radical (unpaired) electrons. The second-order valence-corrected chi connectivity index (χ2v) is 5.24. The predicted molar refractivity (Wildman–Crippen MR) is 77.2 cm³/mol. The fraction of sp³-hybridized carbons (Fsp3) is 0.400. The van der Waals surface area contributed by atoms with E-state index in [1.807, 2.05) is 4.68 Å². The van der Waals surface area contributed by atoms with Gasteiger partial charge in [-0.2, -0.15) is 13.9 Å². The number of hydrogen-bond donors (Lipinski definition) is 1. The lowest BCUT2D eigenvalue weighted by atomic mass is 10.1. The van der Waals surface area contributed by atoms with Crippen molar-refractivity contribution in [3.8, 4) is 5.75 Å². The highest BCUT2D eigenvalue weighted by molar-refractivity contribution is 5.92. The number of fused-ring (bicyclic) bond motifs is 1. The Labute approximate surface area is 131 Å². The van der Waals surface area contributed by atoms with Gasteiger partial charge in [0, 0.05) is 24.3 Å². The Hall–Kier alpha value is -2.51. The lowest BCUT2D eigenvalue weighted by Gasteiger charge is -2.14. The minimum absolute atomic E-state index is 0.0812. The summed E-state index contributed by atoms with van der Waals surface area (Å²) in [6, 6.07) is 2.64. The molecule has 2 aromatic rings. The molecule has 0 aliphatic carbocycles. The van der Waals surface area contributed by atoms with Crippen molar-refractivity contribution in [2.45, 2.75) is 39.0 Å². The van der Waals surface area contributed by atoms with E-state index in [1.54, 1.807) is 6.20 Å². The molecule has 0 unspecified atom stereocenters. The SMILES string of the molecule is O=C(NCc1cnn2c1CCCC2)c1ccc(OC(F)F)cn1. The number of rotatable bonds is 5. The third-order valence-electron chi connectivity index (χ3n) is 3.70. The molecule has 6 nitrogen and oxygen atoms in total. The first-order valence-electron chi connectivity index (χ1n) is 7.36. The van der Waals surface area contributed by atoms with Gasteiger partial charge in [-0.25, -0.2) is 4.98 Å². The molecule has 0 spiro atoms. The molecule has 0 saturated carbocycles. The normalized spacial score (nSPS) is 13.7. The Morgan fingerprint density at radius 2 is 2.22 bits per heavy atom. The van der Waals surface area contributed by atoms with Crippen LogP contribution in [0.4, 0.5) is 8.78 Å². The molecule has 1 N–H and O–H groups in total. The number of pyridine rings is 1. The zero-order valence-electron chi connectivity index (χ0n) is 12.3. The lowest BCUT2D eigenvalue weighted by molar-refractivity contribution is -0.0500. The van der Waals surface area contributed by atoms with Crippen LogP contribution in [0, 0.1) is 0 Å². The number of hydrogen-bond acceptors (Lipinski definition) is 4. The van der Waals surface area contributed by atoms with Crippen LogP contribution in [0.15, 0.2) is 24.5 Å². The van der Waals surface area contributed by atoms with E-state index in [1.165, 1.54) is 12.1 Å². The van der Waals surface area contributed by atoms with Gasteiger partial charge < -0.3 is 10.1 Å². The van der Waals surface area contributed by atoms with E-state index in [0.29, 0.717) is 6.54 Å². The molecule has 2 aromatic heterocycles. The monoisotopic (exact) mass is 322 g/mol. The van der Waals surface area contributed by atoms with Crippen molar-refractivity contribution in [1.82, 2.24) is 20.1 Å². The highest BCUT2D eigenvalue weighted by atomic mass is 19.3. The van der Waals surface area contributed by atoms with Gasteiger partial charge in [0.05, 0.1) is 12.4 Å². The molecule has 1 aliphatic rings. The zero-order chi connectivity index (χ0) is 16.2. The van der Waals surface area contributed by atoms with Gasteiger partial charge in [0.2, 0.25) is 0 Å². The van der Waals surface area contributed by atoms with E-state index in [2.05, 4.69) is 20.1 Å². The number of amides is 1. The van der Waals surface area contributed by atoms with Gasteiger partial charge in [0.1, 0.15) is 11.4 Å². The van der Waals surface area contributed by atoms with Crippen molar-refractivity contribution >= 4 is 5.91 Å². The molecule has 0 fully saturated rings. The summed E-state index contributed by atoms with van der Waals surface area (Å²) in [6.07, 6.45) is 6.08. The van der Waals surface area contributed by atoms with Crippen LogP contribution in [-0.4, -0.2) is 27.3 Å². The van der Waals surface area contributed by atoms with Gasteiger partial charge in [0.25, 0.3) is 5.91 Å². The minimum Gasteiger partial charge on any atom is -0.433 e. The molecule has 0 bridgehead atoms. The molecule has 23 heavy (non-hydrogen) atoms. The number of alkyl halides is 2. The number of nitrogens with one attached hydrogen (secondary N) is 1. The molecule has 8 heteroatoms. The van der Waals surface area contributed by atoms with E-state index in [9.17, 15) is 13.6 Å². The number of carbonyl (C=O) groups is 1. The first kappa shape index (κ1) is 15.4. The number of halogens is 2. The van der Waals surface area contributed by atoms with E-state index in [4.69, 9.17) is 0 Å². The van der Waals surface area contributed by atoms with E-state index in [0.717, 1.165) is 43.3 Å². The molecular formula is C15H16F2N4O2. The van der Waals surface area contributed by atoms with E-state index >= 15 is 0 Å². The summed E-state index contributed by atoms with van der Waals surface area (Å²) < 4.78 is 30.3. The summed E-state index contributed by atoms with van der Waals surface area (Å²) >= 11 is 0. The smallest absolute Gasteiger partial charge is 0.387 e. The number of carbonyl (C=O) groups excluding carboxylic acids is 1. The molecular weight excluding hydrogens is 306 g/mol. The maximum Gasteiger partial charge on any atom is 0.387 e. The van der Waals surface area contributed by atoms with Gasteiger partial charge >= 0.3 is 6.61 Å². The first-order valence-corrected chi connectivity index (χ1v) is 7.36. The maximum absolute atomic E-state index is 12.1. The Morgan fingerprint density at radius 3 is 2.96 bits per heavy atom. The topological polar surface area (TPSA) is 69.0 Å². The fourth-order valence-electron chi connectivity index (χ4n) is 2.59. The van der Waals surface area contributed by atoms with Gasteiger partial charge in [-0.3, -0.25) is 9.48 Å². The predicted octanol–water partition coefficient (Wildman–Crippen LogP) is 2.15. The number of aryl methyl sites for hydroxylation is 1. The molecule has 122 valence electrons. The van der Waals surface area contributed by atoms with Crippen molar-refractivity contribution in [3.63, 3.8) is 0 Å². The van der Waals surface area contributed by atoms with E-state index < -0.39 is 6.61 Å². The van der Waals surface area contributed by atoms with Crippen molar-refractivity contribution < 1.29 is 18.3 Å². The molecule has 1 aliphatic heterocycles. The van der Waals surface area contributed by atoms with E-state index in [-0.39, 0.29) is 17.4 Å². The summed E-state index contributed by atoms with van der Waals surface area (Å²) in [4.78, 5) is 15.9. The minimum atomic E-state index is -2.91. The van der Waals surface area contributed by atoms with Crippen molar-refractivity contribution in [1.29, 1.82) is 0 Å². The average molecular weight is 322 g/mol. The van der Waals surface area contributed by atoms with Gasteiger partial charge in [-0.15, -0.1) is 0 Å². The lowest BCUT2D eigenvalue weighted by Crippen LogP contribution is -2.24. The standard InChI is InChI=1S/C15H16F2N4O2/c16-15(17)23-11-4-5-12(18-9-11)14(22)19-7-10-8-20-21-6-2-1-3-13(10)21/h4-5,8-9,15H,1-3,6-7H2,(H,19,22). The summed E-state index contributed by atoms with van der Waals surface area (Å²) in [5.41, 5.74) is 2.30. The zero-order valence-corrected chi connectivity index (χ0v) is 12.3. The summed E-state index contributed by atoms with van der Waals surface area (Å²) in [7, 11) is 0. The Balaban J connectivity index is 1.60. The van der Waals surface area contributed by atoms with Crippen LogP contribution in [-0.2, 0) is 19.5 Å². The van der Waals surface area contributed by atoms with Crippen LogP contribution in [0.3, 0.4) is 0 Å². The molecule has 0 saturated heterocycles. The molecule has 3 heterocycles. The third-order valence-corrected chi connectivity index (χ3v) is 3.70. The quantitative estimate of drug-likeness (QED) is 0.916. The van der Waals surface area contributed by atoms with Crippen molar-refractivity contribution in [2.75, 3.05) is 0 Å². The van der Waals surface area contributed by atoms with Crippen molar-refractivity contribution in [3.05, 3.63) is 41.5 Å². The first-order chi connectivity index (χ1) is 11.1. The molecule has 0 atom stereocenters. The van der Waals surface area contributed by atoms with Crippen LogP contribution < -0.4 is 10.1 Å². The maximum atomic E-state index is 12.1. The number of aromatic nitrogens is 3.